The summed E-state index contributed by atoms with van der Waals surface area (Å²) >= 11 is 2.40. The minimum absolute atomic E-state index is 0.854. The average Bonchev–Trinajstić information content (AvgIpc) is 2.83. The number of hydrogen-bond donors (Lipinski definition) is 1. The van der Waals surface area contributed by atoms with Gasteiger partial charge in [0.2, 0.25) is 0 Å². The average molecular weight is 445 g/mol. The first-order valence-electron chi connectivity index (χ1n) is 8.53. The second-order valence-corrected chi connectivity index (χ2v) is 7.31. The van der Waals surface area contributed by atoms with E-state index in [0.717, 1.165) is 35.9 Å². The topological polar surface area (TPSA) is 39.1 Å². The maximum Gasteiger partial charge on any atom is 0.133 e. The zero-order valence-electron chi connectivity index (χ0n) is 14.1. The summed E-state index contributed by atoms with van der Waals surface area (Å²) < 4.78 is 8.55. The predicted octanol–water partition coefficient (Wildman–Crippen LogP) is 4.90. The first-order valence-corrected chi connectivity index (χ1v) is 9.61. The molecule has 3 aromatic rings. The van der Waals surface area contributed by atoms with Gasteiger partial charge in [-0.15, -0.1) is 0 Å². The highest BCUT2D eigenvalue weighted by atomic mass is 127. The van der Waals surface area contributed by atoms with Crippen LogP contribution in [0.2, 0.25) is 0 Å². The van der Waals surface area contributed by atoms with Crippen LogP contribution < -0.4 is 10.1 Å². The van der Waals surface area contributed by atoms with Crippen LogP contribution in [-0.2, 0) is 6.42 Å². The Labute approximate surface area is 161 Å². The molecule has 0 atom stereocenters. The highest BCUT2D eigenvalue weighted by Crippen LogP contribution is 2.35. The predicted molar refractivity (Wildman–Crippen MR) is 110 cm³/mol. The molecular formula is C20H20IN3O. The lowest BCUT2D eigenvalue weighted by molar-refractivity contribution is 0.414. The van der Waals surface area contributed by atoms with Gasteiger partial charge in [0.05, 0.1) is 18.5 Å². The monoisotopic (exact) mass is 445 g/mol. The van der Waals surface area contributed by atoms with Crippen molar-refractivity contribution in [1.29, 1.82) is 0 Å². The number of rotatable bonds is 3. The van der Waals surface area contributed by atoms with E-state index < -0.39 is 0 Å². The van der Waals surface area contributed by atoms with Gasteiger partial charge in [-0.3, -0.25) is 0 Å². The first-order chi connectivity index (χ1) is 12.3. The molecule has 0 amide bonds. The van der Waals surface area contributed by atoms with Crippen molar-refractivity contribution < 1.29 is 4.74 Å². The smallest absolute Gasteiger partial charge is 0.133 e. The number of aromatic nitrogens is 2. The van der Waals surface area contributed by atoms with E-state index >= 15 is 0 Å². The van der Waals surface area contributed by atoms with Gasteiger partial charge in [-0.05, 0) is 72.2 Å². The quantitative estimate of drug-likeness (QED) is 0.583. The van der Waals surface area contributed by atoms with E-state index in [1.54, 1.807) is 7.11 Å². The minimum Gasteiger partial charge on any atom is -0.497 e. The van der Waals surface area contributed by atoms with E-state index in [-0.39, 0.29) is 0 Å². The molecule has 25 heavy (non-hydrogen) atoms. The summed E-state index contributed by atoms with van der Waals surface area (Å²) in [6, 6.07) is 16.5. The Bertz CT molecular complexity index is 886. The molecular weight excluding hydrogens is 425 g/mol. The van der Waals surface area contributed by atoms with Crippen molar-refractivity contribution in [2.45, 2.75) is 19.3 Å². The van der Waals surface area contributed by atoms with Gasteiger partial charge in [0.25, 0.3) is 0 Å². The molecule has 0 aliphatic carbocycles. The third-order valence-electron chi connectivity index (χ3n) is 4.58. The standard InChI is InChI=1S/C20H20IN3O/c1-25-15-11-9-14(10-12-15)24-20-17(7-4-5-13-22-20)19(23-24)16-6-2-3-8-18(16)21/h2-3,6,8-12,22H,4-5,7,13H2,1H3. The van der Waals surface area contributed by atoms with Crippen LogP contribution in [0.5, 0.6) is 5.75 Å². The van der Waals surface area contributed by atoms with Gasteiger partial charge >= 0.3 is 0 Å². The highest BCUT2D eigenvalue weighted by Gasteiger charge is 2.22. The number of nitrogens with one attached hydrogen (secondary N) is 1. The van der Waals surface area contributed by atoms with Crippen LogP contribution >= 0.6 is 22.6 Å². The van der Waals surface area contributed by atoms with E-state index in [2.05, 4.69) is 64.3 Å². The van der Waals surface area contributed by atoms with Crippen molar-refractivity contribution in [2.75, 3.05) is 19.0 Å². The lowest BCUT2D eigenvalue weighted by Gasteiger charge is -2.09. The molecule has 128 valence electrons. The second kappa shape index (κ2) is 7.07. The van der Waals surface area contributed by atoms with Crippen molar-refractivity contribution in [3.05, 3.63) is 57.7 Å². The summed E-state index contributed by atoms with van der Waals surface area (Å²) in [6.45, 7) is 0.986. The summed E-state index contributed by atoms with van der Waals surface area (Å²) in [6.07, 6.45) is 3.42. The summed E-state index contributed by atoms with van der Waals surface area (Å²) in [5, 5.41) is 8.60. The fourth-order valence-electron chi connectivity index (χ4n) is 3.28. The molecule has 0 saturated heterocycles. The lowest BCUT2D eigenvalue weighted by Crippen LogP contribution is -2.07. The van der Waals surface area contributed by atoms with Crippen LogP contribution in [-0.4, -0.2) is 23.4 Å². The number of ether oxygens (including phenoxy) is 1. The Hall–Kier alpha value is -2.02. The van der Waals surface area contributed by atoms with Crippen LogP contribution in [0.25, 0.3) is 16.9 Å². The number of benzene rings is 2. The van der Waals surface area contributed by atoms with Crippen LogP contribution in [0.4, 0.5) is 5.82 Å². The van der Waals surface area contributed by atoms with Gasteiger partial charge in [0, 0.05) is 21.2 Å². The number of methoxy groups -OCH3 is 1. The molecule has 2 heterocycles. The Morgan fingerprint density at radius 1 is 1.08 bits per heavy atom. The molecule has 1 aromatic heterocycles. The molecule has 0 saturated carbocycles. The maximum absolute atomic E-state index is 5.28. The van der Waals surface area contributed by atoms with E-state index in [0.29, 0.717) is 0 Å². The molecule has 0 bridgehead atoms. The van der Waals surface area contributed by atoms with Gasteiger partial charge in [-0.25, -0.2) is 4.68 Å². The van der Waals surface area contributed by atoms with Gasteiger partial charge < -0.3 is 10.1 Å². The molecule has 0 fully saturated rings. The van der Waals surface area contributed by atoms with Crippen molar-refractivity contribution in [1.82, 2.24) is 9.78 Å². The Morgan fingerprint density at radius 2 is 1.88 bits per heavy atom. The maximum atomic E-state index is 5.28. The zero-order valence-corrected chi connectivity index (χ0v) is 16.3. The lowest BCUT2D eigenvalue weighted by atomic mass is 10.0. The van der Waals surface area contributed by atoms with Gasteiger partial charge in [-0.1, -0.05) is 18.2 Å². The molecule has 1 aliphatic rings. The van der Waals surface area contributed by atoms with Crippen LogP contribution in [0.1, 0.15) is 18.4 Å². The number of hydrogen-bond acceptors (Lipinski definition) is 3. The van der Waals surface area contributed by atoms with Gasteiger partial charge in [0.1, 0.15) is 11.6 Å². The Balaban J connectivity index is 1.88. The Morgan fingerprint density at radius 3 is 2.64 bits per heavy atom. The van der Waals surface area contributed by atoms with Crippen molar-refractivity contribution >= 4 is 28.4 Å². The first kappa shape index (κ1) is 16.4. The summed E-state index contributed by atoms with van der Waals surface area (Å²) in [7, 11) is 1.69. The molecule has 0 unspecified atom stereocenters. The van der Waals surface area contributed by atoms with E-state index in [4.69, 9.17) is 9.84 Å². The third kappa shape index (κ3) is 3.13. The van der Waals surface area contributed by atoms with Crippen LogP contribution in [0, 0.1) is 3.57 Å². The van der Waals surface area contributed by atoms with E-state index in [9.17, 15) is 0 Å². The number of fused-ring (bicyclic) bond motifs is 1. The zero-order chi connectivity index (χ0) is 17.2. The van der Waals surface area contributed by atoms with E-state index in [1.165, 1.54) is 27.5 Å². The number of nitrogens with zero attached hydrogens (tertiary/aromatic N) is 2. The molecule has 5 heteroatoms. The van der Waals surface area contributed by atoms with Crippen molar-refractivity contribution in [3.63, 3.8) is 0 Å². The molecule has 4 nitrogen and oxygen atoms in total. The summed E-state index contributed by atoms with van der Waals surface area (Å²) in [4.78, 5) is 0. The normalized spacial score (nSPS) is 13.7. The molecule has 4 rings (SSSR count). The van der Waals surface area contributed by atoms with Crippen LogP contribution in [0.15, 0.2) is 48.5 Å². The molecule has 0 spiro atoms. The third-order valence-corrected chi connectivity index (χ3v) is 5.52. The minimum atomic E-state index is 0.854. The fourth-order valence-corrected chi connectivity index (χ4v) is 3.93. The van der Waals surface area contributed by atoms with E-state index in [1.807, 2.05) is 16.8 Å². The summed E-state index contributed by atoms with van der Waals surface area (Å²) in [5.41, 5.74) is 4.65. The van der Waals surface area contributed by atoms with Crippen molar-refractivity contribution in [3.8, 4) is 22.7 Å². The molecule has 1 N–H and O–H groups in total. The SMILES string of the molecule is COc1ccc(-n2nc(-c3ccccc3I)c3c2NCCCC3)cc1. The van der Waals surface area contributed by atoms with Crippen molar-refractivity contribution in [2.24, 2.45) is 0 Å². The number of halogens is 1. The Kier molecular flexibility index (Phi) is 4.65. The number of anilines is 1. The molecule has 0 radical (unpaired) electrons. The molecule has 1 aliphatic heterocycles. The van der Waals surface area contributed by atoms with Crippen LogP contribution in [0.3, 0.4) is 0 Å². The summed E-state index contributed by atoms with van der Waals surface area (Å²) in [5.74, 6) is 1.98. The molecule has 2 aromatic carbocycles. The second-order valence-electron chi connectivity index (χ2n) is 6.15. The van der Waals surface area contributed by atoms with Gasteiger partial charge in [0.15, 0.2) is 0 Å². The highest BCUT2D eigenvalue weighted by molar-refractivity contribution is 14.1. The van der Waals surface area contributed by atoms with Gasteiger partial charge in [-0.2, -0.15) is 5.10 Å². The fraction of sp³-hybridized carbons (Fsp3) is 0.250. The largest absolute Gasteiger partial charge is 0.497 e.